The maximum Gasteiger partial charge on any atom is 0.310 e. The van der Waals surface area contributed by atoms with Gasteiger partial charge >= 0.3 is 5.97 Å². The summed E-state index contributed by atoms with van der Waals surface area (Å²) in [5.74, 6) is -0.448. The molecule has 9 nitrogen and oxygen atoms in total. The van der Waals surface area contributed by atoms with E-state index in [2.05, 4.69) is 98.9 Å². The zero-order valence-corrected chi connectivity index (χ0v) is 36.0. The second kappa shape index (κ2) is 39.6. The molecule has 0 bridgehead atoms. The third-order valence-electron chi connectivity index (χ3n) is 9.52. The van der Waals surface area contributed by atoms with Gasteiger partial charge in [0.25, 0.3) is 0 Å². The first-order chi connectivity index (χ1) is 28.4. The molecule has 6 atom stereocenters. The van der Waals surface area contributed by atoms with Crippen LogP contribution in [-0.2, 0) is 23.7 Å². The molecule has 58 heavy (non-hydrogen) atoms. The van der Waals surface area contributed by atoms with Crippen LogP contribution in [0.1, 0.15) is 142 Å². The predicted molar refractivity (Wildman–Crippen MR) is 237 cm³/mol. The quantitative estimate of drug-likeness (QED) is 0.0277. The second-order valence-electron chi connectivity index (χ2n) is 14.8. The van der Waals surface area contributed by atoms with Crippen LogP contribution < -0.4 is 0 Å². The highest BCUT2D eigenvalue weighted by Gasteiger charge is 2.44. The predicted octanol–water partition coefficient (Wildman–Crippen LogP) is 10.0. The highest BCUT2D eigenvalue weighted by atomic mass is 16.7. The van der Waals surface area contributed by atoms with Crippen LogP contribution in [0.3, 0.4) is 0 Å². The largest absolute Gasteiger partial charge is 0.457 e. The SMILES string of the molecule is CC/C=C\C/C=C\C/C=C\C/C=C\C/C=C\CC(=O)OC(COCCCCCCCCC/C=C\C/C=C\C/C=C\CCCCC)COC1OC(CO)C(O)C(O)C1O. The monoisotopic (exact) mass is 813 g/mol. The minimum absolute atomic E-state index is 0.0784. The Morgan fingerprint density at radius 1 is 0.569 bits per heavy atom. The smallest absolute Gasteiger partial charge is 0.310 e. The number of unbranched alkanes of at least 4 members (excludes halogenated alkanes) is 10. The highest BCUT2D eigenvalue weighted by molar-refractivity contribution is 5.71. The maximum absolute atomic E-state index is 12.7. The topological polar surface area (TPSA) is 135 Å². The van der Waals surface area contributed by atoms with Crippen LogP contribution in [0.15, 0.2) is 97.2 Å². The van der Waals surface area contributed by atoms with Gasteiger partial charge in [-0.05, 0) is 77.0 Å². The summed E-state index contributed by atoms with van der Waals surface area (Å²) in [6.45, 7) is 4.24. The van der Waals surface area contributed by atoms with Crippen molar-refractivity contribution in [3.8, 4) is 0 Å². The normalized spacial score (nSPS) is 21.2. The molecule has 0 saturated carbocycles. The highest BCUT2D eigenvalue weighted by Crippen LogP contribution is 2.22. The van der Waals surface area contributed by atoms with Crippen molar-refractivity contribution in [2.45, 2.75) is 179 Å². The Morgan fingerprint density at radius 3 is 1.59 bits per heavy atom. The Hall–Kier alpha value is -2.89. The first kappa shape index (κ1) is 53.1. The first-order valence-electron chi connectivity index (χ1n) is 22.3. The van der Waals surface area contributed by atoms with E-state index in [9.17, 15) is 25.2 Å². The minimum Gasteiger partial charge on any atom is -0.457 e. The van der Waals surface area contributed by atoms with Crippen molar-refractivity contribution in [2.75, 3.05) is 26.4 Å². The van der Waals surface area contributed by atoms with Crippen LogP contribution in [0.5, 0.6) is 0 Å². The van der Waals surface area contributed by atoms with Gasteiger partial charge in [-0.1, -0.05) is 156 Å². The van der Waals surface area contributed by atoms with E-state index in [1.54, 1.807) is 6.08 Å². The van der Waals surface area contributed by atoms with E-state index < -0.39 is 49.4 Å². The van der Waals surface area contributed by atoms with Crippen molar-refractivity contribution in [3.05, 3.63) is 97.2 Å². The van der Waals surface area contributed by atoms with E-state index in [0.717, 1.165) is 64.2 Å². The third kappa shape index (κ3) is 30.2. The Balaban J connectivity index is 2.34. The van der Waals surface area contributed by atoms with Gasteiger partial charge in [0, 0.05) is 6.61 Å². The third-order valence-corrected chi connectivity index (χ3v) is 9.52. The van der Waals surface area contributed by atoms with Gasteiger partial charge in [-0.15, -0.1) is 0 Å². The summed E-state index contributed by atoms with van der Waals surface area (Å²) in [4.78, 5) is 12.7. The molecular formula is C49H80O9. The second-order valence-corrected chi connectivity index (χ2v) is 14.8. The van der Waals surface area contributed by atoms with Crippen LogP contribution >= 0.6 is 0 Å². The molecule has 0 aromatic heterocycles. The molecule has 4 N–H and O–H groups in total. The number of allylic oxidation sites excluding steroid dienone is 15. The molecule has 1 fully saturated rings. The molecule has 6 unspecified atom stereocenters. The number of aliphatic hydroxyl groups is 4. The molecular weight excluding hydrogens is 733 g/mol. The summed E-state index contributed by atoms with van der Waals surface area (Å²) in [6, 6.07) is 0. The molecule has 330 valence electrons. The summed E-state index contributed by atoms with van der Waals surface area (Å²) in [5.41, 5.74) is 0. The molecule has 1 heterocycles. The Kier molecular flexibility index (Phi) is 36.2. The molecule has 1 aliphatic rings. The van der Waals surface area contributed by atoms with Gasteiger partial charge in [0.1, 0.15) is 30.5 Å². The van der Waals surface area contributed by atoms with Gasteiger partial charge in [-0.2, -0.15) is 0 Å². The van der Waals surface area contributed by atoms with Crippen LogP contribution in [0, 0.1) is 0 Å². The van der Waals surface area contributed by atoms with Crippen molar-refractivity contribution in [3.63, 3.8) is 0 Å². The van der Waals surface area contributed by atoms with E-state index >= 15 is 0 Å². The van der Waals surface area contributed by atoms with E-state index in [1.165, 1.54) is 51.4 Å². The lowest BCUT2D eigenvalue weighted by molar-refractivity contribution is -0.305. The zero-order chi connectivity index (χ0) is 42.2. The number of ether oxygens (including phenoxy) is 4. The maximum atomic E-state index is 12.7. The lowest BCUT2D eigenvalue weighted by Crippen LogP contribution is -2.59. The van der Waals surface area contributed by atoms with E-state index in [1.807, 2.05) is 6.08 Å². The van der Waals surface area contributed by atoms with E-state index in [-0.39, 0.29) is 19.6 Å². The Morgan fingerprint density at radius 2 is 1.05 bits per heavy atom. The van der Waals surface area contributed by atoms with Crippen molar-refractivity contribution >= 4 is 5.97 Å². The van der Waals surface area contributed by atoms with Crippen LogP contribution in [0.4, 0.5) is 0 Å². The molecule has 1 saturated heterocycles. The van der Waals surface area contributed by atoms with E-state index in [4.69, 9.17) is 18.9 Å². The standard InChI is InChI=1S/C49H80O9/c1-3-5-7-9-11-13-15-17-19-20-21-22-23-25-27-29-31-33-35-37-39-55-41-43(42-56-49-48(54)47(53)46(52)44(40-50)58-49)57-45(51)38-36-34-32-30-28-26-24-18-16-14-12-10-8-6-4-2/h6,8,11-14,17-19,21-22,24,28,30,34,36,43-44,46-50,52-54H,3-5,7,9-10,15-16,20,23,25-27,29,31-33,35,37-42H2,1-2H3/b8-6-,13-11-,14-12-,19-17-,22-21-,24-18-,30-28-,36-34-. The zero-order valence-electron chi connectivity index (χ0n) is 36.0. The van der Waals surface area contributed by atoms with Crippen molar-refractivity contribution < 1.29 is 44.2 Å². The van der Waals surface area contributed by atoms with Gasteiger partial charge in [0.15, 0.2) is 6.29 Å². The van der Waals surface area contributed by atoms with E-state index in [0.29, 0.717) is 13.0 Å². The van der Waals surface area contributed by atoms with Crippen molar-refractivity contribution in [1.82, 2.24) is 0 Å². The van der Waals surface area contributed by atoms with Crippen LogP contribution in [-0.4, -0.2) is 89.6 Å². The molecule has 0 aromatic carbocycles. The summed E-state index contributed by atoms with van der Waals surface area (Å²) >= 11 is 0. The van der Waals surface area contributed by atoms with Crippen LogP contribution in [0.25, 0.3) is 0 Å². The van der Waals surface area contributed by atoms with Crippen LogP contribution in [0.2, 0.25) is 0 Å². The first-order valence-corrected chi connectivity index (χ1v) is 22.3. The summed E-state index contributed by atoms with van der Waals surface area (Å²) in [7, 11) is 0. The number of esters is 1. The van der Waals surface area contributed by atoms with Gasteiger partial charge in [0.05, 0.1) is 26.2 Å². The number of carbonyl (C=O) groups excluding carboxylic acids is 1. The van der Waals surface area contributed by atoms with Crippen molar-refractivity contribution in [2.24, 2.45) is 0 Å². The van der Waals surface area contributed by atoms with Gasteiger partial charge < -0.3 is 39.4 Å². The summed E-state index contributed by atoms with van der Waals surface area (Å²) < 4.78 is 22.7. The fourth-order valence-electron chi connectivity index (χ4n) is 6.04. The fraction of sp³-hybridized carbons (Fsp3) is 0.653. The molecule has 1 aliphatic heterocycles. The molecule has 0 radical (unpaired) electrons. The number of carbonyl (C=O) groups is 1. The average molecular weight is 813 g/mol. The lowest BCUT2D eigenvalue weighted by atomic mass is 9.99. The summed E-state index contributed by atoms with van der Waals surface area (Å²) in [5, 5.41) is 40.1. The van der Waals surface area contributed by atoms with Gasteiger partial charge in [0.2, 0.25) is 0 Å². The Labute approximate surface area is 352 Å². The molecule has 0 amide bonds. The number of rotatable bonds is 36. The lowest BCUT2D eigenvalue weighted by Gasteiger charge is -2.39. The number of hydrogen-bond donors (Lipinski definition) is 4. The average Bonchev–Trinajstić information content (AvgIpc) is 3.22. The van der Waals surface area contributed by atoms with Gasteiger partial charge in [-0.3, -0.25) is 4.79 Å². The minimum atomic E-state index is -1.56. The molecule has 1 rings (SSSR count). The molecule has 0 aliphatic carbocycles. The molecule has 0 aromatic rings. The number of hydrogen-bond acceptors (Lipinski definition) is 9. The Bertz CT molecular complexity index is 1200. The molecule has 9 heteroatoms. The number of aliphatic hydroxyl groups excluding tert-OH is 4. The van der Waals surface area contributed by atoms with Gasteiger partial charge in [-0.25, -0.2) is 0 Å². The fourth-order valence-corrected chi connectivity index (χ4v) is 6.04. The summed E-state index contributed by atoms with van der Waals surface area (Å²) in [6.07, 6.45) is 47.4. The molecule has 0 spiro atoms. The van der Waals surface area contributed by atoms with Crippen molar-refractivity contribution in [1.29, 1.82) is 0 Å².